The van der Waals surface area contributed by atoms with Gasteiger partial charge in [-0.3, -0.25) is 4.79 Å². The van der Waals surface area contributed by atoms with Gasteiger partial charge >= 0.3 is 12.1 Å². The average Bonchev–Trinajstić information content (AvgIpc) is 3.19. The number of rotatable bonds is 4. The van der Waals surface area contributed by atoms with Crippen LogP contribution >= 0.6 is 0 Å². The number of benzene rings is 2. The lowest BCUT2D eigenvalue weighted by molar-refractivity contribution is -0.150. The van der Waals surface area contributed by atoms with Crippen molar-refractivity contribution in [2.45, 2.75) is 31.3 Å². The number of nitrogens with zero attached hydrogens (tertiary/aromatic N) is 1. The highest BCUT2D eigenvalue weighted by Crippen LogP contribution is 2.54. The Bertz CT molecular complexity index is 872. The van der Waals surface area contributed by atoms with Crippen LogP contribution in [0.15, 0.2) is 73.5 Å². The van der Waals surface area contributed by atoms with Crippen molar-refractivity contribution < 1.29 is 19.1 Å². The molecule has 0 spiro atoms. The second-order valence-corrected chi connectivity index (χ2v) is 8.20. The zero-order valence-electron chi connectivity index (χ0n) is 17.2. The van der Waals surface area contributed by atoms with Crippen LogP contribution in [0.3, 0.4) is 0 Å². The monoisotopic (exact) mass is 405 g/mol. The molecule has 1 aliphatic heterocycles. The maximum Gasteiger partial charge on any atom is 0.414 e. The van der Waals surface area contributed by atoms with Gasteiger partial charge in [0, 0.05) is 25.4 Å². The van der Waals surface area contributed by atoms with E-state index >= 15 is 0 Å². The van der Waals surface area contributed by atoms with Crippen molar-refractivity contribution in [2.24, 2.45) is 11.8 Å². The van der Waals surface area contributed by atoms with E-state index < -0.39 is 0 Å². The Kier molecular flexibility index (Phi) is 5.62. The average molecular weight is 405 g/mol. The lowest BCUT2D eigenvalue weighted by Gasteiger charge is -2.48. The summed E-state index contributed by atoms with van der Waals surface area (Å²) in [5.41, 5.74) is 2.00. The first-order chi connectivity index (χ1) is 14.5. The van der Waals surface area contributed by atoms with Gasteiger partial charge in [0.1, 0.15) is 6.10 Å². The summed E-state index contributed by atoms with van der Waals surface area (Å²) in [6.07, 6.45) is 2.02. The van der Waals surface area contributed by atoms with Gasteiger partial charge in [0.05, 0.1) is 6.26 Å². The summed E-state index contributed by atoms with van der Waals surface area (Å²) in [5.74, 6) is 0.113. The van der Waals surface area contributed by atoms with Gasteiger partial charge in [-0.05, 0) is 35.8 Å². The molecule has 5 heteroatoms. The van der Waals surface area contributed by atoms with Crippen molar-refractivity contribution in [3.8, 4) is 0 Å². The predicted octanol–water partition coefficient (Wildman–Crippen LogP) is 4.53. The number of amides is 1. The number of ether oxygens (including phenoxy) is 2. The standard InChI is InChI=1S/C25H27NO4/c1-3-29-24(28)26-16-19-14-22(30-18(2)27)15-25(23(19)17-26,20-10-6-4-7-11-20)21-12-8-5-9-13-21/h3-13,19,22-23H,1,14-17H2,2H3. The van der Waals surface area contributed by atoms with Crippen LogP contribution in [0.2, 0.25) is 0 Å². The Hall–Kier alpha value is -3.08. The van der Waals surface area contributed by atoms with Crippen molar-refractivity contribution in [1.29, 1.82) is 0 Å². The van der Waals surface area contributed by atoms with E-state index in [4.69, 9.17) is 9.47 Å². The Morgan fingerprint density at radius 3 is 2.17 bits per heavy atom. The van der Waals surface area contributed by atoms with E-state index in [1.165, 1.54) is 24.3 Å². The van der Waals surface area contributed by atoms with Gasteiger partial charge in [0.2, 0.25) is 0 Å². The number of fused-ring (bicyclic) bond motifs is 1. The number of hydrogen-bond acceptors (Lipinski definition) is 4. The summed E-state index contributed by atoms with van der Waals surface area (Å²) in [6, 6.07) is 20.8. The molecule has 1 aliphatic carbocycles. The zero-order valence-corrected chi connectivity index (χ0v) is 17.2. The van der Waals surface area contributed by atoms with Gasteiger partial charge in [-0.1, -0.05) is 67.2 Å². The fraction of sp³-hybridized carbons (Fsp3) is 0.360. The van der Waals surface area contributed by atoms with Crippen molar-refractivity contribution in [1.82, 2.24) is 4.90 Å². The van der Waals surface area contributed by atoms with Crippen LogP contribution in [-0.2, 0) is 19.7 Å². The largest absolute Gasteiger partial charge is 0.463 e. The van der Waals surface area contributed by atoms with E-state index in [2.05, 4.69) is 30.8 Å². The lowest BCUT2D eigenvalue weighted by Crippen LogP contribution is -2.49. The molecule has 2 fully saturated rings. The molecule has 0 aromatic heterocycles. The Morgan fingerprint density at radius 1 is 1.03 bits per heavy atom. The molecular weight excluding hydrogens is 378 g/mol. The molecule has 30 heavy (non-hydrogen) atoms. The molecular formula is C25H27NO4. The van der Waals surface area contributed by atoms with Gasteiger partial charge in [-0.25, -0.2) is 4.79 Å². The molecule has 5 nitrogen and oxygen atoms in total. The molecule has 1 saturated carbocycles. The van der Waals surface area contributed by atoms with Crippen molar-refractivity contribution in [3.05, 3.63) is 84.6 Å². The summed E-state index contributed by atoms with van der Waals surface area (Å²) in [4.78, 5) is 26.1. The summed E-state index contributed by atoms with van der Waals surface area (Å²) in [6.45, 7) is 6.13. The van der Waals surface area contributed by atoms with Gasteiger partial charge in [-0.15, -0.1) is 0 Å². The van der Waals surface area contributed by atoms with Gasteiger partial charge in [0.25, 0.3) is 0 Å². The Labute approximate surface area is 177 Å². The molecule has 3 unspecified atom stereocenters. The van der Waals surface area contributed by atoms with E-state index in [0.29, 0.717) is 19.5 Å². The predicted molar refractivity (Wildman–Crippen MR) is 114 cm³/mol. The minimum absolute atomic E-state index is 0.187. The molecule has 0 bridgehead atoms. The van der Waals surface area contributed by atoms with E-state index in [9.17, 15) is 9.59 Å². The number of carbonyl (C=O) groups excluding carboxylic acids is 2. The van der Waals surface area contributed by atoms with Crippen LogP contribution in [-0.4, -0.2) is 36.2 Å². The molecule has 0 radical (unpaired) electrons. The van der Waals surface area contributed by atoms with Gasteiger partial charge in [-0.2, -0.15) is 0 Å². The van der Waals surface area contributed by atoms with Gasteiger partial charge in [0.15, 0.2) is 0 Å². The normalized spacial score (nSPS) is 24.6. The third-order valence-electron chi connectivity index (χ3n) is 6.54. The molecule has 1 saturated heterocycles. The van der Waals surface area contributed by atoms with E-state index in [1.807, 2.05) is 36.4 Å². The van der Waals surface area contributed by atoms with E-state index in [-0.39, 0.29) is 35.4 Å². The number of esters is 1. The second kappa shape index (κ2) is 8.34. The third kappa shape index (κ3) is 3.60. The molecule has 0 N–H and O–H groups in total. The summed E-state index contributed by atoms with van der Waals surface area (Å²) >= 11 is 0. The fourth-order valence-corrected chi connectivity index (χ4v) is 5.52. The lowest BCUT2D eigenvalue weighted by atomic mass is 9.56. The van der Waals surface area contributed by atoms with Gasteiger partial charge < -0.3 is 14.4 Å². The number of hydrogen-bond donors (Lipinski definition) is 0. The third-order valence-corrected chi connectivity index (χ3v) is 6.54. The highest BCUT2D eigenvalue weighted by atomic mass is 16.5. The van der Waals surface area contributed by atoms with Crippen LogP contribution in [0.4, 0.5) is 4.79 Å². The highest BCUT2D eigenvalue weighted by molar-refractivity contribution is 5.69. The van der Waals surface area contributed by atoms with Crippen LogP contribution in [0.1, 0.15) is 30.9 Å². The van der Waals surface area contributed by atoms with Crippen molar-refractivity contribution in [2.75, 3.05) is 13.1 Å². The Morgan fingerprint density at radius 2 is 1.63 bits per heavy atom. The van der Waals surface area contributed by atoms with Crippen molar-refractivity contribution in [3.63, 3.8) is 0 Å². The summed E-state index contributed by atoms with van der Waals surface area (Å²) < 4.78 is 10.8. The first kappa shape index (κ1) is 20.2. The first-order valence-electron chi connectivity index (χ1n) is 10.4. The number of likely N-dealkylation sites (tertiary alicyclic amines) is 1. The molecule has 1 amide bonds. The maximum atomic E-state index is 12.5. The topological polar surface area (TPSA) is 55.8 Å². The zero-order chi connectivity index (χ0) is 21.1. The van der Waals surface area contributed by atoms with Crippen LogP contribution in [0.5, 0.6) is 0 Å². The smallest absolute Gasteiger partial charge is 0.414 e. The molecule has 3 atom stereocenters. The fourth-order valence-electron chi connectivity index (χ4n) is 5.52. The molecule has 2 aromatic rings. The first-order valence-corrected chi connectivity index (χ1v) is 10.4. The van der Waals surface area contributed by atoms with Crippen molar-refractivity contribution >= 4 is 12.1 Å². The van der Waals surface area contributed by atoms with E-state index in [1.54, 1.807) is 4.90 Å². The van der Waals surface area contributed by atoms with E-state index in [0.717, 1.165) is 6.42 Å². The minimum Gasteiger partial charge on any atom is -0.463 e. The van der Waals surface area contributed by atoms with Crippen LogP contribution in [0, 0.1) is 11.8 Å². The molecule has 156 valence electrons. The SMILES string of the molecule is C=COC(=O)N1CC2CC(OC(C)=O)CC(c3ccccc3)(c3ccccc3)C2C1. The highest BCUT2D eigenvalue weighted by Gasteiger charge is 2.55. The van der Waals surface area contributed by atoms with Crippen LogP contribution < -0.4 is 0 Å². The minimum atomic E-state index is -0.376. The number of carbonyl (C=O) groups is 2. The summed E-state index contributed by atoms with van der Waals surface area (Å²) in [7, 11) is 0. The molecule has 1 heterocycles. The van der Waals surface area contributed by atoms with Crippen LogP contribution in [0.25, 0.3) is 0 Å². The maximum absolute atomic E-state index is 12.5. The molecule has 2 aromatic carbocycles. The Balaban J connectivity index is 1.83. The summed E-state index contributed by atoms with van der Waals surface area (Å²) in [5, 5.41) is 0. The quantitative estimate of drug-likeness (QED) is 0.554. The second-order valence-electron chi connectivity index (χ2n) is 8.20. The molecule has 4 rings (SSSR count). The molecule has 2 aliphatic rings.